The van der Waals surface area contributed by atoms with Crippen molar-refractivity contribution in [3.8, 4) is 16.9 Å². The quantitative estimate of drug-likeness (QED) is 0.160. The Labute approximate surface area is 278 Å². The molecule has 8 nitrogen and oxygen atoms in total. The summed E-state index contributed by atoms with van der Waals surface area (Å²) in [5, 5.41) is 3.11. The lowest BCUT2D eigenvalue weighted by atomic mass is 9.97. The van der Waals surface area contributed by atoms with Gasteiger partial charge >= 0.3 is 6.09 Å². The standard InChI is InChI=1S/C39H48N2O6/c1-39(2)45-27-31-25-30(18-21-35(31)47-39)36-26-41(38(43)46-36)22-8-3-4-9-23-44-24-10-7-11-28-14-16-29(17-15-28)33-12-5-6-13-34(33)37(42)40-32-19-20-32/h5-6,12-18,21,25,32,36H,3-4,7-11,19-20,22-24,26-27H2,1-2H3,(H,40,42)/t36-/m0/s1. The average molecular weight is 641 g/mol. The van der Waals surface area contributed by atoms with Crippen molar-refractivity contribution in [1.29, 1.82) is 0 Å². The fraction of sp³-hybridized carbons (Fsp3) is 0.487. The van der Waals surface area contributed by atoms with Crippen LogP contribution < -0.4 is 10.1 Å². The van der Waals surface area contributed by atoms with E-state index < -0.39 is 5.79 Å². The van der Waals surface area contributed by atoms with E-state index in [1.807, 2.05) is 61.2 Å². The zero-order valence-electron chi connectivity index (χ0n) is 27.8. The van der Waals surface area contributed by atoms with Gasteiger partial charge in [0.2, 0.25) is 5.79 Å². The van der Waals surface area contributed by atoms with Crippen LogP contribution in [-0.2, 0) is 27.2 Å². The van der Waals surface area contributed by atoms with Crippen LogP contribution in [0.15, 0.2) is 66.7 Å². The Morgan fingerprint density at radius 2 is 1.70 bits per heavy atom. The van der Waals surface area contributed by atoms with Crippen molar-refractivity contribution in [3.63, 3.8) is 0 Å². The number of carbonyl (C=O) groups excluding carboxylic acids is 2. The van der Waals surface area contributed by atoms with Gasteiger partial charge in [-0.3, -0.25) is 4.79 Å². The number of hydrogen-bond acceptors (Lipinski definition) is 6. The van der Waals surface area contributed by atoms with E-state index in [-0.39, 0.29) is 18.1 Å². The van der Waals surface area contributed by atoms with Gasteiger partial charge in [0.25, 0.3) is 5.91 Å². The molecule has 2 aliphatic heterocycles. The van der Waals surface area contributed by atoms with Crippen LogP contribution in [0.1, 0.15) is 98.4 Å². The van der Waals surface area contributed by atoms with Crippen LogP contribution >= 0.6 is 0 Å². The van der Waals surface area contributed by atoms with Gasteiger partial charge in [-0.15, -0.1) is 0 Å². The number of ether oxygens (including phenoxy) is 4. The number of nitrogens with one attached hydrogen (secondary N) is 1. The number of aryl methyl sites for hydroxylation is 1. The molecule has 1 aliphatic carbocycles. The predicted molar refractivity (Wildman–Crippen MR) is 181 cm³/mol. The van der Waals surface area contributed by atoms with E-state index in [2.05, 4.69) is 29.6 Å². The van der Waals surface area contributed by atoms with Crippen LogP contribution in [0.2, 0.25) is 0 Å². The first kappa shape index (κ1) is 33.0. The topological polar surface area (TPSA) is 86.3 Å². The van der Waals surface area contributed by atoms with Crippen molar-refractivity contribution >= 4 is 12.0 Å². The molecule has 2 fully saturated rings. The van der Waals surface area contributed by atoms with Gasteiger partial charge in [-0.2, -0.15) is 0 Å². The van der Waals surface area contributed by atoms with Crippen LogP contribution in [0.4, 0.5) is 4.79 Å². The molecule has 2 heterocycles. The first-order chi connectivity index (χ1) is 22.8. The van der Waals surface area contributed by atoms with Crippen LogP contribution in [0.25, 0.3) is 11.1 Å². The summed E-state index contributed by atoms with van der Waals surface area (Å²) in [6, 6.07) is 22.8. The van der Waals surface area contributed by atoms with Gasteiger partial charge in [-0.05, 0) is 85.4 Å². The van der Waals surface area contributed by atoms with E-state index in [0.29, 0.717) is 25.7 Å². The molecule has 0 spiro atoms. The van der Waals surface area contributed by atoms with E-state index in [4.69, 9.17) is 18.9 Å². The van der Waals surface area contributed by atoms with Crippen molar-refractivity contribution in [2.45, 2.75) is 96.2 Å². The summed E-state index contributed by atoms with van der Waals surface area (Å²) in [5.74, 6) is 0.221. The first-order valence-electron chi connectivity index (χ1n) is 17.3. The van der Waals surface area contributed by atoms with Crippen LogP contribution in [0, 0.1) is 0 Å². The minimum atomic E-state index is -0.626. The summed E-state index contributed by atoms with van der Waals surface area (Å²) in [6.07, 6.45) is 8.94. The number of unbranched alkanes of at least 4 members (excludes halogenated alkanes) is 4. The zero-order chi connectivity index (χ0) is 32.6. The number of hydrogen-bond donors (Lipinski definition) is 1. The molecule has 6 rings (SSSR count). The van der Waals surface area contributed by atoms with Gasteiger partial charge in [0.05, 0.1) is 13.2 Å². The second kappa shape index (κ2) is 15.3. The van der Waals surface area contributed by atoms with Gasteiger partial charge < -0.3 is 29.2 Å². The lowest BCUT2D eigenvalue weighted by Gasteiger charge is -2.32. The van der Waals surface area contributed by atoms with Crippen molar-refractivity contribution in [3.05, 3.63) is 89.0 Å². The Morgan fingerprint density at radius 3 is 2.51 bits per heavy atom. The Morgan fingerprint density at radius 1 is 0.936 bits per heavy atom. The number of carbonyl (C=O) groups is 2. The summed E-state index contributed by atoms with van der Waals surface area (Å²) < 4.78 is 23.2. The number of rotatable bonds is 16. The van der Waals surface area contributed by atoms with Crippen molar-refractivity contribution < 1.29 is 28.5 Å². The molecule has 0 radical (unpaired) electrons. The molecular formula is C39H48N2O6. The second-order valence-electron chi connectivity index (χ2n) is 13.5. The largest absolute Gasteiger partial charge is 0.463 e. The third-order valence-corrected chi connectivity index (χ3v) is 9.09. The maximum Gasteiger partial charge on any atom is 0.410 e. The van der Waals surface area contributed by atoms with Crippen molar-refractivity contribution in [1.82, 2.24) is 10.2 Å². The molecule has 0 bridgehead atoms. The maximum absolute atomic E-state index is 12.7. The van der Waals surface area contributed by atoms with Crippen molar-refractivity contribution in [2.75, 3.05) is 26.3 Å². The molecule has 1 saturated heterocycles. The molecular weight excluding hydrogens is 592 g/mol. The molecule has 3 aromatic carbocycles. The summed E-state index contributed by atoms with van der Waals surface area (Å²) in [5.41, 5.74) is 6.07. The molecule has 0 aromatic heterocycles. The fourth-order valence-electron chi connectivity index (χ4n) is 6.19. The molecule has 3 aromatic rings. The van der Waals surface area contributed by atoms with Gasteiger partial charge in [0.15, 0.2) is 0 Å². The van der Waals surface area contributed by atoms with E-state index in [9.17, 15) is 9.59 Å². The summed E-state index contributed by atoms with van der Waals surface area (Å²) in [4.78, 5) is 27.0. The number of amides is 2. The van der Waals surface area contributed by atoms with Crippen molar-refractivity contribution in [2.24, 2.45) is 0 Å². The fourth-order valence-corrected chi connectivity index (χ4v) is 6.19. The Kier molecular flexibility index (Phi) is 10.8. The minimum absolute atomic E-state index is 0.0217. The highest BCUT2D eigenvalue weighted by atomic mass is 16.7. The highest BCUT2D eigenvalue weighted by Crippen LogP contribution is 2.35. The van der Waals surface area contributed by atoms with Crippen LogP contribution in [-0.4, -0.2) is 55.0 Å². The third-order valence-electron chi connectivity index (χ3n) is 9.09. The lowest BCUT2D eigenvalue weighted by molar-refractivity contribution is -0.180. The highest BCUT2D eigenvalue weighted by Gasteiger charge is 2.33. The van der Waals surface area contributed by atoms with E-state index in [1.165, 1.54) is 5.56 Å². The summed E-state index contributed by atoms with van der Waals surface area (Å²) >= 11 is 0. The number of benzene rings is 3. The average Bonchev–Trinajstić information content (AvgIpc) is 3.82. The Hall–Kier alpha value is -3.88. The van der Waals surface area contributed by atoms with Crippen LogP contribution in [0.3, 0.4) is 0 Å². The number of cyclic esters (lactones) is 1. The number of fused-ring (bicyclic) bond motifs is 1. The zero-order valence-corrected chi connectivity index (χ0v) is 27.8. The highest BCUT2D eigenvalue weighted by molar-refractivity contribution is 6.01. The monoisotopic (exact) mass is 640 g/mol. The molecule has 0 unspecified atom stereocenters. The van der Waals surface area contributed by atoms with Gasteiger partial charge in [0, 0.05) is 50.8 Å². The normalized spacial score (nSPS) is 18.4. The van der Waals surface area contributed by atoms with Gasteiger partial charge in [-0.25, -0.2) is 4.79 Å². The van der Waals surface area contributed by atoms with E-state index >= 15 is 0 Å². The molecule has 3 aliphatic rings. The lowest BCUT2D eigenvalue weighted by Crippen LogP contribution is -2.35. The minimum Gasteiger partial charge on any atom is -0.463 e. The van der Waals surface area contributed by atoms with Gasteiger partial charge in [-0.1, -0.05) is 61.4 Å². The maximum atomic E-state index is 12.7. The number of nitrogens with zero attached hydrogens (tertiary/aromatic N) is 1. The summed E-state index contributed by atoms with van der Waals surface area (Å²) in [7, 11) is 0. The predicted octanol–water partition coefficient (Wildman–Crippen LogP) is 7.98. The molecule has 250 valence electrons. The molecule has 8 heteroatoms. The Balaban J connectivity index is 0.808. The third kappa shape index (κ3) is 9.14. The second-order valence-corrected chi connectivity index (χ2v) is 13.5. The van der Waals surface area contributed by atoms with E-state index in [1.54, 1.807) is 0 Å². The van der Waals surface area contributed by atoms with Crippen LogP contribution in [0.5, 0.6) is 5.75 Å². The van der Waals surface area contributed by atoms with Gasteiger partial charge in [0.1, 0.15) is 11.9 Å². The van der Waals surface area contributed by atoms with E-state index in [0.717, 1.165) is 105 Å². The molecule has 2 amide bonds. The molecule has 47 heavy (non-hydrogen) atoms. The molecule has 1 N–H and O–H groups in total. The Bertz CT molecular complexity index is 1520. The molecule has 1 saturated carbocycles. The SMILES string of the molecule is CC1(C)OCc2cc([C@@H]3CN(CCCCCCOCCCCc4ccc(-c5ccccc5C(=O)NC5CC5)cc4)C(=O)O3)ccc2O1. The first-order valence-corrected chi connectivity index (χ1v) is 17.3. The summed E-state index contributed by atoms with van der Waals surface area (Å²) in [6.45, 7) is 7.13. The smallest absolute Gasteiger partial charge is 0.410 e. The molecule has 1 atom stereocenters.